The first-order valence-corrected chi connectivity index (χ1v) is 17.4. The molecule has 0 spiro atoms. The Morgan fingerprint density at radius 1 is 0.535 bits per heavy atom. The molecule has 0 amide bonds. The Morgan fingerprint density at radius 2 is 0.884 bits per heavy atom. The van der Waals surface area contributed by atoms with Crippen LogP contribution in [0, 0.1) is 0 Å². The van der Waals surface area contributed by atoms with Crippen LogP contribution < -0.4 is 0 Å². The Morgan fingerprint density at radius 3 is 1.26 bits per heavy atom. The Bertz CT molecular complexity index is 1610. The second-order valence-electron chi connectivity index (χ2n) is 9.26. The molecule has 0 atom stereocenters. The van der Waals surface area contributed by atoms with E-state index in [-0.39, 0.29) is 10.2 Å². The van der Waals surface area contributed by atoms with Gasteiger partial charge in [0.15, 0.2) is 0 Å². The normalized spacial score (nSPS) is 10.7. The first-order chi connectivity index (χ1) is 20.7. The van der Waals surface area contributed by atoms with E-state index in [1.54, 1.807) is 49.1 Å². The third-order valence-electron chi connectivity index (χ3n) is 6.03. The molecule has 0 saturated heterocycles. The fraction of sp³-hybridized carbons (Fsp3) is 0.0556. The molecule has 0 aliphatic carbocycles. The molecule has 0 saturated carbocycles. The second-order valence-corrected chi connectivity index (χ2v) is 14.4. The number of hydrogen-bond donors (Lipinski definition) is 0. The molecule has 216 valence electrons. The van der Waals surface area contributed by atoms with E-state index in [9.17, 15) is 9.59 Å². The van der Waals surface area contributed by atoms with Gasteiger partial charge in [0.2, 0.25) is 10.2 Å². The van der Waals surface area contributed by atoms with Crippen LogP contribution >= 0.6 is 58.8 Å². The summed E-state index contributed by atoms with van der Waals surface area (Å²) in [6.07, 6.45) is 0. The van der Waals surface area contributed by atoms with Crippen molar-refractivity contribution in [1.82, 2.24) is 0 Å². The maximum absolute atomic E-state index is 12.7. The predicted molar refractivity (Wildman–Crippen MR) is 191 cm³/mol. The van der Waals surface area contributed by atoms with Crippen LogP contribution in [0.3, 0.4) is 0 Å². The molecule has 0 fully saturated rings. The lowest BCUT2D eigenvalue weighted by atomic mass is 10.1. The molecule has 0 unspecified atom stereocenters. The number of benzene rings is 4. The van der Waals surface area contributed by atoms with Gasteiger partial charge in [0.05, 0.1) is 0 Å². The van der Waals surface area contributed by atoms with E-state index in [1.807, 2.05) is 59.3 Å². The molecule has 4 aromatic rings. The molecule has 2 nitrogen and oxygen atoms in total. The molecule has 7 heteroatoms. The molecule has 4 rings (SSSR count). The summed E-state index contributed by atoms with van der Waals surface area (Å²) in [5.41, 5.74) is 5.01. The molecule has 0 radical (unpaired) electrons. The standard InChI is InChI=1S/C36H30O2S5/c1-7-39-29-19-13-21-31(33(29)25-15-9-11-17-27(25)42-35(37)23(3)4)41-32-22-14-20-30(40-8-2)34(32)26-16-10-12-18-28(26)43-36(38)24(5)6/h7-22H,1-3,5H2,4,6H3. The molecule has 0 heterocycles. The summed E-state index contributed by atoms with van der Waals surface area (Å²) in [6, 6.07) is 28.4. The van der Waals surface area contributed by atoms with Crippen molar-refractivity contribution in [1.29, 1.82) is 0 Å². The van der Waals surface area contributed by atoms with Gasteiger partial charge in [0, 0.05) is 40.5 Å². The molecule has 0 N–H and O–H groups in total. The second kappa shape index (κ2) is 15.6. The van der Waals surface area contributed by atoms with Crippen molar-refractivity contribution in [2.75, 3.05) is 0 Å². The molecular formula is C36H30O2S5. The highest BCUT2D eigenvalue weighted by Crippen LogP contribution is 2.49. The van der Waals surface area contributed by atoms with Crippen molar-refractivity contribution < 1.29 is 9.59 Å². The number of carbonyl (C=O) groups excluding carboxylic acids is 2. The van der Waals surface area contributed by atoms with Gasteiger partial charge in [-0.15, -0.1) is 0 Å². The molecular weight excluding hydrogens is 625 g/mol. The Balaban J connectivity index is 1.92. The van der Waals surface area contributed by atoms with Gasteiger partial charge in [-0.1, -0.05) is 110 Å². The zero-order chi connectivity index (χ0) is 30.9. The van der Waals surface area contributed by atoms with E-state index in [1.165, 1.54) is 23.5 Å². The largest absolute Gasteiger partial charge is 0.282 e. The fourth-order valence-electron chi connectivity index (χ4n) is 4.12. The molecule has 43 heavy (non-hydrogen) atoms. The van der Waals surface area contributed by atoms with E-state index in [0.717, 1.165) is 51.6 Å². The zero-order valence-corrected chi connectivity index (χ0v) is 28.0. The molecule has 0 bridgehead atoms. The van der Waals surface area contributed by atoms with E-state index < -0.39 is 0 Å². The number of thioether (sulfide) groups is 4. The lowest BCUT2D eigenvalue weighted by molar-refractivity contribution is -0.108. The minimum atomic E-state index is -0.0645. The molecule has 0 aliphatic rings. The van der Waals surface area contributed by atoms with Crippen molar-refractivity contribution in [2.45, 2.75) is 43.2 Å². The van der Waals surface area contributed by atoms with Crippen LogP contribution in [0.1, 0.15) is 13.8 Å². The Kier molecular flexibility index (Phi) is 11.9. The summed E-state index contributed by atoms with van der Waals surface area (Å²) in [5.74, 6) is 0. The van der Waals surface area contributed by atoms with E-state index in [0.29, 0.717) is 11.1 Å². The fourth-order valence-corrected chi connectivity index (χ4v) is 8.37. The van der Waals surface area contributed by atoms with Crippen LogP contribution in [0.4, 0.5) is 0 Å². The average Bonchev–Trinajstić information content (AvgIpc) is 2.99. The highest BCUT2D eigenvalue weighted by molar-refractivity contribution is 8.14. The number of carbonyl (C=O) groups is 2. The van der Waals surface area contributed by atoms with Crippen LogP contribution in [0.15, 0.2) is 163 Å². The van der Waals surface area contributed by atoms with Gasteiger partial charge in [0.25, 0.3) is 0 Å². The van der Waals surface area contributed by atoms with Crippen LogP contribution in [0.2, 0.25) is 0 Å². The number of hydrogen-bond acceptors (Lipinski definition) is 7. The van der Waals surface area contributed by atoms with Gasteiger partial charge in [-0.2, -0.15) is 0 Å². The summed E-state index contributed by atoms with van der Waals surface area (Å²) >= 11 is 7.15. The third kappa shape index (κ3) is 8.11. The molecule has 4 aromatic carbocycles. The highest BCUT2D eigenvalue weighted by Gasteiger charge is 2.21. The van der Waals surface area contributed by atoms with Crippen molar-refractivity contribution in [3.63, 3.8) is 0 Å². The molecule has 0 aromatic heterocycles. The monoisotopic (exact) mass is 654 g/mol. The van der Waals surface area contributed by atoms with Crippen molar-refractivity contribution in [3.8, 4) is 22.3 Å². The maximum Gasteiger partial charge on any atom is 0.219 e. The summed E-state index contributed by atoms with van der Waals surface area (Å²) < 4.78 is 0. The Labute approximate surface area is 275 Å². The first-order valence-electron chi connectivity index (χ1n) is 13.2. The molecule has 0 aliphatic heterocycles. The van der Waals surface area contributed by atoms with E-state index in [4.69, 9.17) is 0 Å². The maximum atomic E-state index is 12.7. The topological polar surface area (TPSA) is 34.1 Å². The van der Waals surface area contributed by atoms with Crippen molar-refractivity contribution in [3.05, 3.63) is 133 Å². The number of rotatable bonds is 12. The van der Waals surface area contributed by atoms with E-state index in [2.05, 4.69) is 62.7 Å². The lowest BCUT2D eigenvalue weighted by Crippen LogP contribution is -1.96. The minimum absolute atomic E-state index is 0.0645. The van der Waals surface area contributed by atoms with Crippen LogP contribution in [0.5, 0.6) is 0 Å². The summed E-state index contributed by atoms with van der Waals surface area (Å²) in [7, 11) is 0. The van der Waals surface area contributed by atoms with Crippen LogP contribution in [-0.2, 0) is 9.59 Å². The smallest absolute Gasteiger partial charge is 0.219 e. The first kappa shape index (κ1) is 32.8. The van der Waals surface area contributed by atoms with E-state index >= 15 is 0 Å². The summed E-state index contributed by atoms with van der Waals surface area (Å²) in [6.45, 7) is 19.1. The summed E-state index contributed by atoms with van der Waals surface area (Å²) in [4.78, 5) is 31.3. The van der Waals surface area contributed by atoms with Gasteiger partial charge in [-0.3, -0.25) is 9.59 Å². The van der Waals surface area contributed by atoms with Crippen molar-refractivity contribution >= 4 is 69.0 Å². The SMILES string of the molecule is C=CSc1cccc(Sc2cccc(SC=C)c2-c2ccccc2SC(=O)C(=C)C)c1-c1ccccc1SC(=O)C(=C)C. The van der Waals surface area contributed by atoms with Crippen molar-refractivity contribution in [2.24, 2.45) is 0 Å². The Hall–Kier alpha value is -3.07. The quantitative estimate of drug-likeness (QED) is 0.111. The lowest BCUT2D eigenvalue weighted by Gasteiger charge is -2.20. The van der Waals surface area contributed by atoms with Crippen LogP contribution in [0.25, 0.3) is 22.3 Å². The predicted octanol–water partition coefficient (Wildman–Crippen LogP) is 12.0. The average molecular weight is 655 g/mol. The van der Waals surface area contributed by atoms with Gasteiger partial charge >= 0.3 is 0 Å². The van der Waals surface area contributed by atoms with Gasteiger partial charge in [-0.05, 0) is 107 Å². The minimum Gasteiger partial charge on any atom is -0.282 e. The van der Waals surface area contributed by atoms with Gasteiger partial charge in [-0.25, -0.2) is 0 Å². The summed E-state index contributed by atoms with van der Waals surface area (Å²) in [5, 5.41) is 3.51. The third-order valence-corrected chi connectivity index (χ3v) is 10.9. The highest BCUT2D eigenvalue weighted by atomic mass is 32.2. The zero-order valence-electron chi connectivity index (χ0n) is 23.9. The van der Waals surface area contributed by atoms with Gasteiger partial charge < -0.3 is 0 Å². The van der Waals surface area contributed by atoms with Crippen LogP contribution in [-0.4, -0.2) is 10.2 Å². The van der Waals surface area contributed by atoms with Gasteiger partial charge in [0.1, 0.15) is 0 Å².